The van der Waals surface area contributed by atoms with E-state index in [-0.39, 0.29) is 46.7 Å². The van der Waals surface area contributed by atoms with Crippen molar-refractivity contribution >= 4 is 34.4 Å². The summed E-state index contributed by atoms with van der Waals surface area (Å²) in [6.45, 7) is 0.822. The first-order valence-electron chi connectivity index (χ1n) is 12.7. The Hall–Kier alpha value is -4.34. The number of aliphatic hydroxyl groups excluding tert-OH is 1. The predicted octanol–water partition coefficient (Wildman–Crippen LogP) is 4.15. The first kappa shape index (κ1) is 28.2. The van der Waals surface area contributed by atoms with Gasteiger partial charge in [-0.05, 0) is 42.6 Å². The van der Waals surface area contributed by atoms with Gasteiger partial charge in [0.2, 0.25) is 0 Å². The maximum atomic E-state index is 15.2. The minimum atomic E-state index is -4.74. The number of nitrogens with zero attached hydrogens (tertiary/aromatic N) is 7. The average Bonchev–Trinajstić information content (AvgIpc) is 3.59. The SMILES string of the molecule is CN(CCCO)C(=O)c1ccc(Nc2ncnc3c2c(F)cn3C2CCN(c3noc(C(F)(F)F)n3)CC2)c(F)c1. The lowest BCUT2D eigenvalue weighted by Gasteiger charge is -2.31. The van der Waals surface area contributed by atoms with Gasteiger partial charge in [0, 0.05) is 51.1 Å². The van der Waals surface area contributed by atoms with Crippen LogP contribution in [0.3, 0.4) is 0 Å². The Morgan fingerprint density at radius 3 is 2.61 bits per heavy atom. The second-order valence-electron chi connectivity index (χ2n) is 9.54. The Bertz CT molecular complexity index is 1550. The smallest absolute Gasteiger partial charge is 0.396 e. The van der Waals surface area contributed by atoms with Crippen molar-refractivity contribution in [1.82, 2.24) is 29.6 Å². The molecule has 11 nitrogen and oxygen atoms in total. The number of carbonyl (C=O) groups excluding carboxylic acids is 1. The summed E-state index contributed by atoms with van der Waals surface area (Å²) in [5.41, 5.74) is 0.342. The molecule has 41 heavy (non-hydrogen) atoms. The minimum absolute atomic E-state index is 0.0215. The van der Waals surface area contributed by atoms with Gasteiger partial charge < -0.3 is 29.3 Å². The normalized spacial score (nSPS) is 14.6. The predicted molar refractivity (Wildman–Crippen MR) is 136 cm³/mol. The Morgan fingerprint density at radius 1 is 1.20 bits per heavy atom. The fourth-order valence-electron chi connectivity index (χ4n) is 4.72. The van der Waals surface area contributed by atoms with E-state index in [1.165, 1.54) is 29.6 Å². The first-order chi connectivity index (χ1) is 19.6. The van der Waals surface area contributed by atoms with Gasteiger partial charge >= 0.3 is 12.1 Å². The quantitative estimate of drug-likeness (QED) is 0.296. The van der Waals surface area contributed by atoms with Gasteiger partial charge in [0.15, 0.2) is 5.82 Å². The maximum Gasteiger partial charge on any atom is 0.471 e. The van der Waals surface area contributed by atoms with Crippen LogP contribution in [0.2, 0.25) is 0 Å². The van der Waals surface area contributed by atoms with Crippen LogP contribution in [0.25, 0.3) is 11.0 Å². The van der Waals surface area contributed by atoms with E-state index < -0.39 is 29.6 Å². The lowest BCUT2D eigenvalue weighted by atomic mass is 10.1. The van der Waals surface area contributed by atoms with Crippen LogP contribution in [0, 0.1) is 11.6 Å². The summed E-state index contributed by atoms with van der Waals surface area (Å²) in [7, 11) is 1.55. The molecule has 0 aliphatic carbocycles. The van der Waals surface area contributed by atoms with Gasteiger partial charge in [-0.1, -0.05) is 0 Å². The molecule has 1 aliphatic rings. The highest BCUT2D eigenvalue weighted by Gasteiger charge is 2.39. The van der Waals surface area contributed by atoms with Gasteiger partial charge in [0.05, 0.1) is 11.1 Å². The molecule has 1 amide bonds. The zero-order chi connectivity index (χ0) is 29.3. The number of fused-ring (bicyclic) bond motifs is 1. The zero-order valence-corrected chi connectivity index (χ0v) is 21.7. The van der Waals surface area contributed by atoms with Gasteiger partial charge in [-0.15, -0.1) is 0 Å². The van der Waals surface area contributed by atoms with Crippen LogP contribution in [0.15, 0.2) is 35.2 Å². The Balaban J connectivity index is 1.32. The topological polar surface area (TPSA) is 125 Å². The molecule has 0 saturated carbocycles. The molecule has 0 bridgehead atoms. The number of halogens is 5. The van der Waals surface area contributed by atoms with Gasteiger partial charge in [0.1, 0.15) is 23.6 Å². The first-order valence-corrected chi connectivity index (χ1v) is 12.7. The molecule has 0 spiro atoms. The zero-order valence-electron chi connectivity index (χ0n) is 21.7. The minimum Gasteiger partial charge on any atom is -0.396 e. The highest BCUT2D eigenvalue weighted by Crippen LogP contribution is 2.34. The average molecular weight is 581 g/mol. The maximum absolute atomic E-state index is 15.2. The molecule has 16 heteroatoms. The number of amides is 1. The van der Waals surface area contributed by atoms with Crippen LogP contribution < -0.4 is 10.2 Å². The molecular formula is C25H25F5N8O3. The summed E-state index contributed by atoms with van der Waals surface area (Å²) < 4.78 is 74.5. The van der Waals surface area contributed by atoms with E-state index in [4.69, 9.17) is 5.11 Å². The molecule has 1 aliphatic heterocycles. The third-order valence-corrected chi connectivity index (χ3v) is 6.83. The van der Waals surface area contributed by atoms with E-state index in [9.17, 15) is 22.4 Å². The van der Waals surface area contributed by atoms with Crippen LogP contribution in [-0.2, 0) is 6.18 Å². The number of rotatable bonds is 8. The third kappa shape index (κ3) is 5.77. The van der Waals surface area contributed by atoms with Crippen molar-refractivity contribution in [3.05, 3.63) is 53.8 Å². The summed E-state index contributed by atoms with van der Waals surface area (Å²) in [6, 6.07) is 3.61. The van der Waals surface area contributed by atoms with Crippen LogP contribution in [0.1, 0.15) is 41.6 Å². The molecule has 4 heterocycles. The second kappa shape index (κ2) is 11.3. The van der Waals surface area contributed by atoms with Crippen molar-refractivity contribution in [2.75, 3.05) is 43.5 Å². The number of carbonyl (C=O) groups is 1. The highest BCUT2D eigenvalue weighted by atomic mass is 19.4. The van der Waals surface area contributed by atoms with Crippen molar-refractivity contribution < 1.29 is 36.4 Å². The molecule has 1 fully saturated rings. The number of nitrogens with one attached hydrogen (secondary N) is 1. The summed E-state index contributed by atoms with van der Waals surface area (Å²) in [6.07, 6.45) is -1.01. The van der Waals surface area contributed by atoms with Gasteiger partial charge in [-0.3, -0.25) is 4.79 Å². The van der Waals surface area contributed by atoms with Gasteiger partial charge in [-0.25, -0.2) is 18.7 Å². The van der Waals surface area contributed by atoms with E-state index >= 15 is 4.39 Å². The van der Waals surface area contributed by atoms with Crippen LogP contribution in [0.4, 0.5) is 39.4 Å². The van der Waals surface area contributed by atoms with Gasteiger partial charge in [0.25, 0.3) is 11.9 Å². The standard InChI is InChI=1S/C25H25F5N8O3/c1-36(7-2-10-39)22(40)14-3-4-18(16(26)11-14)33-20-19-17(27)12-38(21(19)32-13-31-20)15-5-8-37(9-6-15)24-34-23(41-35-24)25(28,29)30/h3-4,11-13,15,39H,2,5-10H2,1H3,(H,31,32,33). The fourth-order valence-corrected chi connectivity index (χ4v) is 4.72. The molecule has 0 atom stereocenters. The molecule has 3 aromatic heterocycles. The molecule has 5 rings (SSSR count). The van der Waals surface area contributed by atoms with E-state index in [2.05, 4.69) is 29.9 Å². The van der Waals surface area contributed by atoms with Crippen molar-refractivity contribution in [2.45, 2.75) is 31.5 Å². The van der Waals surface area contributed by atoms with E-state index in [1.54, 1.807) is 16.5 Å². The number of hydrogen-bond acceptors (Lipinski definition) is 9. The molecule has 1 saturated heterocycles. The number of benzene rings is 1. The highest BCUT2D eigenvalue weighted by molar-refractivity contribution is 5.95. The molecule has 2 N–H and O–H groups in total. The number of hydrogen-bond donors (Lipinski definition) is 2. The molecule has 4 aromatic rings. The fraction of sp³-hybridized carbons (Fsp3) is 0.400. The van der Waals surface area contributed by atoms with Crippen molar-refractivity contribution in [3.63, 3.8) is 0 Å². The van der Waals surface area contributed by atoms with Crippen LogP contribution in [0.5, 0.6) is 0 Å². The lowest BCUT2D eigenvalue weighted by molar-refractivity contribution is -0.159. The van der Waals surface area contributed by atoms with E-state index in [0.717, 1.165) is 6.07 Å². The number of aliphatic hydroxyl groups is 1. The van der Waals surface area contributed by atoms with Crippen LogP contribution in [-0.4, -0.2) is 73.9 Å². The number of anilines is 3. The summed E-state index contributed by atoms with van der Waals surface area (Å²) in [5.74, 6) is -3.37. The monoisotopic (exact) mass is 580 g/mol. The lowest BCUT2D eigenvalue weighted by Crippen LogP contribution is -2.35. The summed E-state index contributed by atoms with van der Waals surface area (Å²) in [4.78, 5) is 27.2. The third-order valence-electron chi connectivity index (χ3n) is 6.83. The van der Waals surface area contributed by atoms with E-state index in [1.807, 2.05) is 0 Å². The molecule has 0 unspecified atom stereocenters. The Kier molecular flexibility index (Phi) is 7.75. The summed E-state index contributed by atoms with van der Waals surface area (Å²) >= 11 is 0. The van der Waals surface area contributed by atoms with Crippen molar-refractivity contribution in [3.8, 4) is 0 Å². The molecule has 1 aromatic carbocycles. The van der Waals surface area contributed by atoms with Gasteiger partial charge in [-0.2, -0.15) is 18.2 Å². The number of alkyl halides is 3. The second-order valence-corrected chi connectivity index (χ2v) is 9.54. The number of piperidine rings is 1. The largest absolute Gasteiger partial charge is 0.471 e. The summed E-state index contributed by atoms with van der Waals surface area (Å²) in [5, 5.41) is 15.2. The van der Waals surface area contributed by atoms with Crippen molar-refractivity contribution in [1.29, 1.82) is 0 Å². The Labute approximate surface area is 229 Å². The molecule has 218 valence electrons. The van der Waals surface area contributed by atoms with E-state index in [0.29, 0.717) is 38.9 Å². The number of aromatic nitrogens is 5. The van der Waals surface area contributed by atoms with Crippen LogP contribution >= 0.6 is 0 Å². The molecular weight excluding hydrogens is 555 g/mol. The molecule has 0 radical (unpaired) electrons. The van der Waals surface area contributed by atoms with Crippen molar-refractivity contribution in [2.24, 2.45) is 0 Å². The Morgan fingerprint density at radius 2 is 1.95 bits per heavy atom.